The molecule has 4 N–H and O–H groups in total. The molecule has 0 bridgehead atoms. The van der Waals surface area contributed by atoms with Crippen molar-refractivity contribution in [3.05, 3.63) is 64.7 Å². The van der Waals surface area contributed by atoms with Crippen molar-refractivity contribution in [2.45, 2.75) is 27.2 Å². The van der Waals surface area contributed by atoms with Crippen molar-refractivity contribution in [2.24, 2.45) is 5.92 Å². The Morgan fingerprint density at radius 3 is 2.50 bits per heavy atom. The number of hydrogen-bond acceptors (Lipinski definition) is 6. The molecule has 0 radical (unpaired) electrons. The van der Waals surface area contributed by atoms with E-state index in [1.165, 1.54) is 0 Å². The Morgan fingerprint density at radius 2 is 1.81 bits per heavy atom. The van der Waals surface area contributed by atoms with Crippen LogP contribution in [0.15, 0.2) is 48.5 Å². The van der Waals surface area contributed by atoms with Crippen LogP contribution >= 0.6 is 11.6 Å². The summed E-state index contributed by atoms with van der Waals surface area (Å²) >= 11 is 6.24. The molecule has 0 aliphatic carbocycles. The van der Waals surface area contributed by atoms with Gasteiger partial charge in [0.05, 0.1) is 11.4 Å². The van der Waals surface area contributed by atoms with Gasteiger partial charge in [0.2, 0.25) is 16.0 Å². The quantitative estimate of drug-likeness (QED) is 0.414. The maximum absolute atomic E-state index is 12.1. The summed E-state index contributed by atoms with van der Waals surface area (Å²) in [6.07, 6.45) is 0.731. The van der Waals surface area contributed by atoms with Gasteiger partial charge in [-0.2, -0.15) is 4.98 Å². The summed E-state index contributed by atoms with van der Waals surface area (Å²) in [4.78, 5) is 8.61. The van der Waals surface area contributed by atoms with Gasteiger partial charge in [0.1, 0.15) is 5.82 Å². The molecule has 0 fully saturated rings. The first-order valence-electron chi connectivity index (χ1n) is 10.4. The molecule has 0 saturated carbocycles. The fourth-order valence-electron chi connectivity index (χ4n) is 3.31. The summed E-state index contributed by atoms with van der Waals surface area (Å²) in [6.45, 7) is 6.32. The normalized spacial score (nSPS) is 11.5. The second kappa shape index (κ2) is 10.2. The first-order chi connectivity index (χ1) is 15.1. The van der Waals surface area contributed by atoms with Crippen molar-refractivity contribution in [1.29, 1.82) is 0 Å². The van der Waals surface area contributed by atoms with Gasteiger partial charge in [0.25, 0.3) is 0 Å². The minimum absolute atomic E-state index is 0.0667. The van der Waals surface area contributed by atoms with Crippen molar-refractivity contribution in [1.82, 2.24) is 9.97 Å². The van der Waals surface area contributed by atoms with Crippen LogP contribution in [-0.2, 0) is 16.4 Å². The molecule has 3 aromatic rings. The molecule has 0 aliphatic heterocycles. The highest BCUT2D eigenvalue weighted by molar-refractivity contribution is 7.92. The molecule has 0 amide bonds. The van der Waals surface area contributed by atoms with Crippen LogP contribution < -0.4 is 15.8 Å². The van der Waals surface area contributed by atoms with E-state index in [0.29, 0.717) is 28.8 Å². The van der Waals surface area contributed by atoms with Crippen LogP contribution in [0.3, 0.4) is 0 Å². The Hall–Kier alpha value is -2.84. The van der Waals surface area contributed by atoms with Gasteiger partial charge in [0.15, 0.2) is 0 Å². The summed E-state index contributed by atoms with van der Waals surface area (Å²) in [7, 11) is -3.33. The molecule has 1 heterocycles. The van der Waals surface area contributed by atoms with Gasteiger partial charge in [0, 0.05) is 28.9 Å². The van der Waals surface area contributed by atoms with Gasteiger partial charge in [-0.1, -0.05) is 49.7 Å². The molecule has 0 atom stereocenters. The van der Waals surface area contributed by atoms with Crippen LogP contribution in [0.2, 0.25) is 5.02 Å². The molecule has 0 unspecified atom stereocenters. The molecule has 170 valence electrons. The molecule has 9 heteroatoms. The lowest BCUT2D eigenvalue weighted by molar-refractivity contribution is 0.587. The smallest absolute Gasteiger partial charge is 0.232 e. The first-order valence-corrected chi connectivity index (χ1v) is 12.4. The van der Waals surface area contributed by atoms with Crippen molar-refractivity contribution >= 4 is 39.1 Å². The zero-order chi connectivity index (χ0) is 23.3. The first kappa shape index (κ1) is 23.8. The average Bonchev–Trinajstić information content (AvgIpc) is 2.69. The topological polar surface area (TPSA) is 110 Å². The van der Waals surface area contributed by atoms with E-state index in [0.717, 1.165) is 23.1 Å². The van der Waals surface area contributed by atoms with E-state index in [2.05, 4.69) is 20.0 Å². The van der Waals surface area contributed by atoms with Crippen molar-refractivity contribution in [2.75, 3.05) is 28.1 Å². The Bertz CT molecular complexity index is 1180. The van der Waals surface area contributed by atoms with Gasteiger partial charge >= 0.3 is 0 Å². The van der Waals surface area contributed by atoms with Crippen LogP contribution in [-0.4, -0.2) is 30.7 Å². The number of nitrogen functional groups attached to an aromatic ring is 1. The molecule has 2 aromatic carbocycles. The van der Waals surface area contributed by atoms with Crippen LogP contribution in [0, 0.1) is 12.8 Å². The summed E-state index contributed by atoms with van der Waals surface area (Å²) in [5, 5.41) is 3.95. The number of sulfonamides is 1. The van der Waals surface area contributed by atoms with Crippen LogP contribution in [0.5, 0.6) is 0 Å². The molecule has 0 aliphatic rings. The number of anilines is 3. The predicted octanol–water partition coefficient (Wildman–Crippen LogP) is 4.74. The second-order valence-electron chi connectivity index (χ2n) is 8.06. The second-order valence-corrected chi connectivity index (χ2v) is 10.2. The number of nitrogens with zero attached hydrogens (tertiary/aromatic N) is 2. The third-order valence-electron chi connectivity index (χ3n) is 4.79. The zero-order valence-electron chi connectivity index (χ0n) is 18.4. The average molecular weight is 474 g/mol. The van der Waals surface area contributed by atoms with Crippen LogP contribution in [0.4, 0.5) is 17.5 Å². The third kappa shape index (κ3) is 6.58. The van der Waals surface area contributed by atoms with E-state index in [1.54, 1.807) is 12.1 Å². The van der Waals surface area contributed by atoms with Crippen molar-refractivity contribution in [3.8, 4) is 11.3 Å². The highest BCUT2D eigenvalue weighted by atomic mass is 35.5. The van der Waals surface area contributed by atoms with Crippen molar-refractivity contribution in [3.63, 3.8) is 0 Å². The van der Waals surface area contributed by atoms with E-state index in [-0.39, 0.29) is 17.6 Å². The summed E-state index contributed by atoms with van der Waals surface area (Å²) < 4.78 is 26.8. The summed E-state index contributed by atoms with van der Waals surface area (Å²) in [6, 6.07) is 14.9. The van der Waals surface area contributed by atoms with E-state index in [4.69, 9.17) is 17.3 Å². The lowest BCUT2D eigenvalue weighted by Gasteiger charge is -2.12. The highest BCUT2D eigenvalue weighted by Crippen LogP contribution is 2.28. The molecular weight excluding hydrogens is 446 g/mol. The number of halogens is 1. The fourth-order valence-corrected chi connectivity index (χ4v) is 4.94. The minimum atomic E-state index is -3.33. The van der Waals surface area contributed by atoms with Crippen LogP contribution in [0.1, 0.15) is 25.0 Å². The monoisotopic (exact) mass is 473 g/mol. The number of nitrogens with one attached hydrogen (secondary N) is 2. The maximum atomic E-state index is 12.1. The molecule has 0 saturated heterocycles. The molecule has 7 nitrogen and oxygen atoms in total. The Kier molecular flexibility index (Phi) is 7.58. The van der Waals surface area contributed by atoms with Gasteiger partial charge in [-0.05, 0) is 48.6 Å². The fraction of sp³-hybridized carbons (Fsp3) is 0.304. The molecule has 0 spiro atoms. The Morgan fingerprint density at radius 1 is 1.09 bits per heavy atom. The van der Waals surface area contributed by atoms with Gasteiger partial charge < -0.3 is 11.1 Å². The number of nitrogens with two attached hydrogens (primary N) is 1. The molecule has 32 heavy (non-hydrogen) atoms. The summed E-state index contributed by atoms with van der Waals surface area (Å²) in [5.41, 5.74) is 10.1. The lowest BCUT2D eigenvalue weighted by Crippen LogP contribution is -2.20. The summed E-state index contributed by atoms with van der Waals surface area (Å²) in [5.74, 6) is 0.974. The molecular formula is C23H28ClN5O2S. The number of hydrogen-bond donors (Lipinski definition) is 3. The standard InChI is InChI=1S/C23H28ClN5O2S/c1-15(2)14-32(30,31)29-18-9-7-17(8-10-18)11-12-26-22-13-21(27-23(25)28-22)19-5-4-6-20(24)16(19)3/h4-10,13,15,29H,11-12,14H2,1-3H3,(H3,25,26,27,28). The molecule has 1 aromatic heterocycles. The van der Waals surface area contributed by atoms with Gasteiger partial charge in [-0.3, -0.25) is 4.72 Å². The van der Waals surface area contributed by atoms with E-state index in [1.807, 2.05) is 57.2 Å². The lowest BCUT2D eigenvalue weighted by atomic mass is 10.1. The SMILES string of the molecule is Cc1c(Cl)cccc1-c1cc(NCCc2ccc(NS(=O)(=O)CC(C)C)cc2)nc(N)n1. The van der Waals surface area contributed by atoms with Gasteiger partial charge in [-0.25, -0.2) is 13.4 Å². The Balaban J connectivity index is 1.62. The van der Waals surface area contributed by atoms with E-state index in [9.17, 15) is 8.42 Å². The minimum Gasteiger partial charge on any atom is -0.370 e. The number of rotatable bonds is 9. The van der Waals surface area contributed by atoms with E-state index < -0.39 is 10.0 Å². The van der Waals surface area contributed by atoms with Crippen LogP contribution in [0.25, 0.3) is 11.3 Å². The molecule has 3 rings (SSSR count). The maximum Gasteiger partial charge on any atom is 0.232 e. The van der Waals surface area contributed by atoms with Crippen molar-refractivity contribution < 1.29 is 8.42 Å². The van der Waals surface area contributed by atoms with E-state index >= 15 is 0 Å². The zero-order valence-corrected chi connectivity index (χ0v) is 20.0. The predicted molar refractivity (Wildman–Crippen MR) is 133 cm³/mol. The Labute approximate surface area is 194 Å². The third-order valence-corrected chi connectivity index (χ3v) is 6.85. The largest absolute Gasteiger partial charge is 0.370 e. The van der Waals surface area contributed by atoms with Gasteiger partial charge in [-0.15, -0.1) is 0 Å². The number of aromatic nitrogens is 2. The number of benzene rings is 2. The highest BCUT2D eigenvalue weighted by Gasteiger charge is 2.13.